The van der Waals surface area contributed by atoms with Gasteiger partial charge in [-0.1, -0.05) is 0 Å². The molecular formula is C12H23N3O5. The lowest BCUT2D eigenvalue weighted by molar-refractivity contribution is -0.143. The molecule has 0 aromatic rings. The van der Waals surface area contributed by atoms with Crippen LogP contribution in [-0.2, 0) is 19.1 Å². The third-order valence-electron chi connectivity index (χ3n) is 1.83. The van der Waals surface area contributed by atoms with Gasteiger partial charge in [-0.05, 0) is 33.7 Å². The fourth-order valence-electron chi connectivity index (χ4n) is 1.02. The van der Waals surface area contributed by atoms with Crippen molar-refractivity contribution >= 4 is 18.0 Å². The molecule has 4 N–H and O–H groups in total. The van der Waals surface area contributed by atoms with Gasteiger partial charge in [-0.3, -0.25) is 9.59 Å². The molecule has 0 saturated carbocycles. The Balaban J connectivity index is 3.73. The van der Waals surface area contributed by atoms with E-state index in [9.17, 15) is 14.4 Å². The van der Waals surface area contributed by atoms with Crippen molar-refractivity contribution in [2.75, 3.05) is 26.2 Å². The minimum absolute atomic E-state index is 0.224. The molecule has 0 unspecified atom stereocenters. The molecule has 116 valence electrons. The molecule has 0 aliphatic heterocycles. The van der Waals surface area contributed by atoms with E-state index in [1.165, 1.54) is 0 Å². The van der Waals surface area contributed by atoms with Crippen LogP contribution in [0, 0.1) is 0 Å². The van der Waals surface area contributed by atoms with Crippen LogP contribution in [0.2, 0.25) is 0 Å². The molecule has 0 atom stereocenters. The summed E-state index contributed by atoms with van der Waals surface area (Å²) in [5.41, 5.74) is 4.60. The normalized spacial score (nSPS) is 10.6. The van der Waals surface area contributed by atoms with Crippen molar-refractivity contribution in [1.29, 1.82) is 0 Å². The summed E-state index contributed by atoms with van der Waals surface area (Å²) in [5, 5.41) is 4.59. The Bertz CT molecular complexity index is 338. The molecule has 0 rings (SSSR count). The van der Waals surface area contributed by atoms with Crippen molar-refractivity contribution < 1.29 is 23.9 Å². The summed E-state index contributed by atoms with van der Waals surface area (Å²) in [6.45, 7) is 5.27. The molecule has 2 amide bonds. The zero-order chi connectivity index (χ0) is 15.6. The third kappa shape index (κ3) is 11.3. The Hall–Kier alpha value is -1.83. The summed E-state index contributed by atoms with van der Waals surface area (Å²) in [5.74, 6) is -1.06. The average Bonchev–Trinajstić information content (AvgIpc) is 2.32. The van der Waals surface area contributed by atoms with Crippen molar-refractivity contribution in [2.45, 2.75) is 32.8 Å². The maximum Gasteiger partial charge on any atom is 0.408 e. The van der Waals surface area contributed by atoms with E-state index >= 15 is 0 Å². The number of nitrogens with two attached hydrogens (primary N) is 1. The zero-order valence-electron chi connectivity index (χ0n) is 12.2. The predicted molar refractivity (Wildman–Crippen MR) is 71.9 cm³/mol. The van der Waals surface area contributed by atoms with E-state index in [-0.39, 0.29) is 19.7 Å². The van der Waals surface area contributed by atoms with Gasteiger partial charge in [-0.25, -0.2) is 4.79 Å². The van der Waals surface area contributed by atoms with E-state index < -0.39 is 23.6 Å². The highest BCUT2D eigenvalue weighted by Gasteiger charge is 2.16. The van der Waals surface area contributed by atoms with Crippen molar-refractivity contribution in [3.8, 4) is 0 Å². The van der Waals surface area contributed by atoms with Crippen LogP contribution in [0.25, 0.3) is 0 Å². The van der Waals surface area contributed by atoms with Crippen LogP contribution in [0.5, 0.6) is 0 Å². The van der Waals surface area contributed by atoms with Gasteiger partial charge in [0.05, 0.1) is 6.61 Å². The SMILES string of the molecule is CC(C)(C)OC(=O)NCC(=O)NCC(=O)OCCCN. The molecule has 0 bridgehead atoms. The molecule has 0 aromatic heterocycles. The smallest absolute Gasteiger partial charge is 0.408 e. The number of hydrogen-bond acceptors (Lipinski definition) is 6. The van der Waals surface area contributed by atoms with Crippen LogP contribution in [0.1, 0.15) is 27.2 Å². The second-order valence-corrected chi connectivity index (χ2v) is 4.99. The highest BCUT2D eigenvalue weighted by Crippen LogP contribution is 2.05. The molecule has 0 aliphatic carbocycles. The van der Waals surface area contributed by atoms with Crippen molar-refractivity contribution in [1.82, 2.24) is 10.6 Å². The van der Waals surface area contributed by atoms with Crippen LogP contribution >= 0.6 is 0 Å². The molecular weight excluding hydrogens is 266 g/mol. The van der Waals surface area contributed by atoms with E-state index in [1.54, 1.807) is 20.8 Å². The highest BCUT2D eigenvalue weighted by atomic mass is 16.6. The van der Waals surface area contributed by atoms with Crippen molar-refractivity contribution in [2.24, 2.45) is 5.73 Å². The Morgan fingerprint density at radius 3 is 2.30 bits per heavy atom. The minimum Gasteiger partial charge on any atom is -0.464 e. The number of carbonyl (C=O) groups is 3. The first kappa shape index (κ1) is 18.2. The van der Waals surface area contributed by atoms with Crippen LogP contribution in [0.3, 0.4) is 0 Å². The van der Waals surface area contributed by atoms with Crippen LogP contribution in [-0.4, -0.2) is 49.8 Å². The van der Waals surface area contributed by atoms with Gasteiger partial charge in [0.1, 0.15) is 18.7 Å². The molecule has 0 aliphatic rings. The molecule has 0 aromatic carbocycles. The molecule has 0 radical (unpaired) electrons. The molecule has 0 saturated heterocycles. The summed E-state index contributed by atoms with van der Waals surface area (Å²) in [6.07, 6.45) is -0.127. The van der Waals surface area contributed by atoms with Gasteiger partial charge >= 0.3 is 12.1 Å². The Morgan fingerprint density at radius 2 is 1.75 bits per heavy atom. The quantitative estimate of drug-likeness (QED) is 0.430. The van der Waals surface area contributed by atoms with E-state index in [1.807, 2.05) is 0 Å². The van der Waals surface area contributed by atoms with E-state index in [4.69, 9.17) is 15.2 Å². The largest absolute Gasteiger partial charge is 0.464 e. The lowest BCUT2D eigenvalue weighted by Crippen LogP contribution is -2.41. The fourth-order valence-corrected chi connectivity index (χ4v) is 1.02. The van der Waals surface area contributed by atoms with Gasteiger partial charge in [-0.15, -0.1) is 0 Å². The second-order valence-electron chi connectivity index (χ2n) is 4.99. The first-order valence-electron chi connectivity index (χ1n) is 6.34. The van der Waals surface area contributed by atoms with Gasteiger partial charge in [0, 0.05) is 0 Å². The lowest BCUT2D eigenvalue weighted by Gasteiger charge is -2.19. The van der Waals surface area contributed by atoms with Crippen LogP contribution in [0.4, 0.5) is 4.79 Å². The monoisotopic (exact) mass is 289 g/mol. The van der Waals surface area contributed by atoms with Crippen LogP contribution in [0.15, 0.2) is 0 Å². The minimum atomic E-state index is -0.696. The number of alkyl carbamates (subject to hydrolysis) is 1. The number of carbonyl (C=O) groups excluding carboxylic acids is 3. The molecule has 8 nitrogen and oxygen atoms in total. The number of esters is 1. The molecule has 0 fully saturated rings. The standard InChI is InChI=1S/C12H23N3O5/c1-12(2,3)20-11(18)15-7-9(16)14-8-10(17)19-6-4-5-13/h4-8,13H2,1-3H3,(H,14,16)(H,15,18). The second kappa shape index (κ2) is 9.13. The Morgan fingerprint density at radius 1 is 1.10 bits per heavy atom. The van der Waals surface area contributed by atoms with Crippen molar-refractivity contribution in [3.05, 3.63) is 0 Å². The van der Waals surface area contributed by atoms with Gasteiger partial charge in [0.2, 0.25) is 5.91 Å². The van der Waals surface area contributed by atoms with Gasteiger partial charge < -0.3 is 25.8 Å². The highest BCUT2D eigenvalue weighted by molar-refractivity contribution is 5.85. The molecule has 0 spiro atoms. The number of rotatable bonds is 7. The summed E-state index contributed by atoms with van der Waals surface area (Å²) in [7, 11) is 0. The fraction of sp³-hybridized carbons (Fsp3) is 0.750. The van der Waals surface area contributed by atoms with Gasteiger partial charge in [0.25, 0.3) is 0 Å². The third-order valence-corrected chi connectivity index (χ3v) is 1.83. The predicted octanol–water partition coefficient (Wildman–Crippen LogP) is -0.481. The van der Waals surface area contributed by atoms with E-state index in [0.29, 0.717) is 13.0 Å². The summed E-state index contributed by atoms with van der Waals surface area (Å²) in [6, 6.07) is 0. The van der Waals surface area contributed by atoms with E-state index in [2.05, 4.69) is 10.6 Å². The van der Waals surface area contributed by atoms with Gasteiger partial charge in [-0.2, -0.15) is 0 Å². The number of nitrogens with one attached hydrogen (secondary N) is 2. The number of hydrogen-bond donors (Lipinski definition) is 3. The summed E-state index contributed by atoms with van der Waals surface area (Å²) < 4.78 is 9.72. The Kier molecular flexibility index (Phi) is 8.30. The summed E-state index contributed by atoms with van der Waals surface area (Å²) >= 11 is 0. The lowest BCUT2D eigenvalue weighted by atomic mass is 10.2. The first-order valence-corrected chi connectivity index (χ1v) is 6.34. The Labute approximate surface area is 118 Å². The topological polar surface area (TPSA) is 120 Å². The zero-order valence-corrected chi connectivity index (χ0v) is 12.2. The number of ether oxygens (including phenoxy) is 2. The molecule has 20 heavy (non-hydrogen) atoms. The average molecular weight is 289 g/mol. The molecule has 0 heterocycles. The van der Waals surface area contributed by atoms with Crippen molar-refractivity contribution in [3.63, 3.8) is 0 Å². The number of amides is 2. The van der Waals surface area contributed by atoms with Gasteiger partial charge in [0.15, 0.2) is 0 Å². The molecule has 8 heteroatoms. The maximum atomic E-state index is 11.3. The summed E-state index contributed by atoms with van der Waals surface area (Å²) in [4.78, 5) is 33.8. The van der Waals surface area contributed by atoms with Crippen LogP contribution < -0.4 is 16.4 Å². The maximum absolute atomic E-state index is 11.3. The first-order chi connectivity index (χ1) is 9.24. The van der Waals surface area contributed by atoms with E-state index in [0.717, 1.165) is 0 Å².